The topological polar surface area (TPSA) is 109 Å². The summed E-state index contributed by atoms with van der Waals surface area (Å²) in [7, 11) is 0. The van der Waals surface area contributed by atoms with Gasteiger partial charge >= 0.3 is 0 Å². The second kappa shape index (κ2) is 6.48. The number of ether oxygens (including phenoxy) is 1. The Balaban J connectivity index is 1.90. The molecule has 3 rings (SSSR count). The highest BCUT2D eigenvalue weighted by molar-refractivity contribution is 7.99. The van der Waals surface area contributed by atoms with E-state index in [4.69, 9.17) is 9.26 Å². The summed E-state index contributed by atoms with van der Waals surface area (Å²) in [5.74, 6) is 1.37. The first-order valence-electron chi connectivity index (χ1n) is 7.19. The summed E-state index contributed by atoms with van der Waals surface area (Å²) in [6, 6.07) is 3.46. The number of aliphatic hydroxyl groups is 3. The number of hydrogen-bond donors (Lipinski definition) is 3. The van der Waals surface area contributed by atoms with Crippen LogP contribution < -0.4 is 4.74 Å². The molecule has 124 valence electrons. The van der Waals surface area contributed by atoms with Crippen LogP contribution in [0.1, 0.15) is 11.5 Å². The fraction of sp³-hybridized carbons (Fsp3) is 0.467. The highest BCUT2D eigenvalue weighted by Crippen LogP contribution is 2.36. The summed E-state index contributed by atoms with van der Waals surface area (Å²) in [5, 5.41) is 33.4. The summed E-state index contributed by atoms with van der Waals surface area (Å²) in [5.41, 5.74) is 1.31. The van der Waals surface area contributed by atoms with Crippen molar-refractivity contribution in [2.45, 2.75) is 37.6 Å². The van der Waals surface area contributed by atoms with Gasteiger partial charge in [-0.3, -0.25) is 4.98 Å². The molecule has 23 heavy (non-hydrogen) atoms. The lowest BCUT2D eigenvalue weighted by molar-refractivity contribution is -0.0785. The van der Waals surface area contributed by atoms with Crippen molar-refractivity contribution in [2.24, 2.45) is 0 Å². The Labute approximate surface area is 137 Å². The molecule has 1 saturated heterocycles. The predicted molar refractivity (Wildman–Crippen MR) is 84.1 cm³/mol. The molecular formula is C15H18N2O5S. The Morgan fingerprint density at radius 3 is 2.74 bits per heavy atom. The van der Waals surface area contributed by atoms with Gasteiger partial charge in [0.1, 0.15) is 29.4 Å². The summed E-state index contributed by atoms with van der Waals surface area (Å²) in [6.45, 7) is 3.60. The molecule has 2 aromatic rings. The van der Waals surface area contributed by atoms with Crippen molar-refractivity contribution in [3.8, 4) is 17.0 Å². The molecule has 0 saturated carbocycles. The van der Waals surface area contributed by atoms with Gasteiger partial charge in [-0.2, -0.15) is 0 Å². The second-order valence-corrected chi connectivity index (χ2v) is 6.55. The predicted octanol–water partition coefficient (Wildman–Crippen LogP) is 0.888. The van der Waals surface area contributed by atoms with Crippen LogP contribution in [-0.4, -0.2) is 55.0 Å². The zero-order chi connectivity index (χ0) is 16.6. The van der Waals surface area contributed by atoms with Crippen molar-refractivity contribution in [3.63, 3.8) is 0 Å². The van der Waals surface area contributed by atoms with E-state index in [1.807, 2.05) is 6.92 Å². The maximum Gasteiger partial charge on any atom is 0.173 e. The highest BCUT2D eigenvalue weighted by Gasteiger charge is 2.39. The minimum absolute atomic E-state index is 0.282. The van der Waals surface area contributed by atoms with E-state index in [0.29, 0.717) is 22.9 Å². The van der Waals surface area contributed by atoms with Crippen LogP contribution >= 0.6 is 11.8 Å². The summed E-state index contributed by atoms with van der Waals surface area (Å²) >= 11 is 1.24. The van der Waals surface area contributed by atoms with Crippen molar-refractivity contribution >= 4 is 11.8 Å². The van der Waals surface area contributed by atoms with Crippen LogP contribution in [0.5, 0.6) is 5.75 Å². The third kappa shape index (κ3) is 3.07. The molecule has 3 N–H and O–H groups in total. The number of pyridine rings is 1. The van der Waals surface area contributed by atoms with E-state index in [1.54, 1.807) is 25.3 Å². The molecule has 2 aromatic heterocycles. The summed E-state index contributed by atoms with van der Waals surface area (Å²) in [6.07, 6.45) is -1.76. The number of aryl methyl sites for hydroxylation is 2. The second-order valence-electron chi connectivity index (χ2n) is 5.42. The first kappa shape index (κ1) is 16.3. The van der Waals surface area contributed by atoms with Gasteiger partial charge in [0.25, 0.3) is 0 Å². The maximum absolute atomic E-state index is 10.1. The molecule has 0 aromatic carbocycles. The van der Waals surface area contributed by atoms with E-state index >= 15 is 0 Å². The zero-order valence-corrected chi connectivity index (χ0v) is 13.5. The number of hydrogen-bond acceptors (Lipinski definition) is 8. The lowest BCUT2D eigenvalue weighted by Crippen LogP contribution is -2.50. The smallest absolute Gasteiger partial charge is 0.173 e. The van der Waals surface area contributed by atoms with Crippen molar-refractivity contribution < 1.29 is 24.6 Å². The van der Waals surface area contributed by atoms with E-state index in [9.17, 15) is 15.3 Å². The average molecular weight is 338 g/mol. The number of nitrogens with zero attached hydrogens (tertiary/aromatic N) is 2. The van der Waals surface area contributed by atoms with Crippen LogP contribution in [-0.2, 0) is 0 Å². The fourth-order valence-corrected chi connectivity index (χ4v) is 3.62. The van der Waals surface area contributed by atoms with Gasteiger partial charge in [0, 0.05) is 11.9 Å². The SMILES string of the molecule is Cc1noc(C)c1-c1ncccc1O[C@H]1SC[C@@H](O)[C@H](O)[C@H]1O. The Hall–Kier alpha value is -1.61. The van der Waals surface area contributed by atoms with Gasteiger partial charge in [0.05, 0.1) is 17.4 Å². The third-order valence-corrected chi connectivity index (χ3v) is 4.98. The Morgan fingerprint density at radius 2 is 2.04 bits per heavy atom. The molecule has 0 spiro atoms. The Bertz CT molecular complexity index is 673. The number of aliphatic hydroxyl groups excluding tert-OH is 3. The van der Waals surface area contributed by atoms with Crippen molar-refractivity contribution in [3.05, 3.63) is 29.8 Å². The van der Waals surface area contributed by atoms with Gasteiger partial charge in [-0.25, -0.2) is 0 Å². The van der Waals surface area contributed by atoms with Gasteiger partial charge < -0.3 is 24.6 Å². The molecule has 0 unspecified atom stereocenters. The normalized spacial score (nSPS) is 27.9. The highest BCUT2D eigenvalue weighted by atomic mass is 32.2. The molecule has 0 aliphatic carbocycles. The molecule has 0 bridgehead atoms. The lowest BCUT2D eigenvalue weighted by atomic mass is 10.1. The molecule has 0 radical (unpaired) electrons. The molecule has 3 heterocycles. The number of aromatic nitrogens is 2. The van der Waals surface area contributed by atoms with Crippen LogP contribution in [0.25, 0.3) is 11.3 Å². The van der Waals surface area contributed by atoms with Crippen molar-refractivity contribution in [2.75, 3.05) is 5.75 Å². The molecule has 1 aliphatic rings. The van der Waals surface area contributed by atoms with Crippen LogP contribution in [0.4, 0.5) is 0 Å². The zero-order valence-electron chi connectivity index (χ0n) is 12.7. The van der Waals surface area contributed by atoms with Crippen LogP contribution in [0.2, 0.25) is 0 Å². The van der Waals surface area contributed by atoms with Crippen LogP contribution in [0.3, 0.4) is 0 Å². The quantitative estimate of drug-likeness (QED) is 0.757. The average Bonchev–Trinajstić information content (AvgIpc) is 2.87. The maximum atomic E-state index is 10.1. The molecule has 4 atom stereocenters. The number of thioether (sulfide) groups is 1. The molecule has 1 aliphatic heterocycles. The van der Waals surface area contributed by atoms with E-state index in [-0.39, 0.29) is 5.75 Å². The molecule has 0 amide bonds. The molecule has 1 fully saturated rings. The van der Waals surface area contributed by atoms with Gasteiger partial charge in [0.15, 0.2) is 5.44 Å². The Morgan fingerprint density at radius 1 is 1.26 bits per heavy atom. The van der Waals surface area contributed by atoms with E-state index < -0.39 is 23.7 Å². The summed E-state index contributed by atoms with van der Waals surface area (Å²) in [4.78, 5) is 4.34. The Kier molecular flexibility index (Phi) is 4.58. The van der Waals surface area contributed by atoms with Crippen molar-refractivity contribution in [1.29, 1.82) is 0 Å². The summed E-state index contributed by atoms with van der Waals surface area (Å²) < 4.78 is 11.0. The van der Waals surface area contributed by atoms with E-state index in [0.717, 1.165) is 5.56 Å². The molecular weight excluding hydrogens is 320 g/mol. The number of rotatable bonds is 3. The minimum atomic E-state index is -1.24. The largest absolute Gasteiger partial charge is 0.475 e. The monoisotopic (exact) mass is 338 g/mol. The van der Waals surface area contributed by atoms with Crippen LogP contribution in [0, 0.1) is 13.8 Å². The van der Waals surface area contributed by atoms with Gasteiger partial charge in [0.2, 0.25) is 0 Å². The van der Waals surface area contributed by atoms with E-state index in [1.165, 1.54) is 11.8 Å². The first-order valence-corrected chi connectivity index (χ1v) is 8.24. The third-order valence-electron chi connectivity index (χ3n) is 3.74. The van der Waals surface area contributed by atoms with Crippen molar-refractivity contribution in [1.82, 2.24) is 10.1 Å². The molecule has 8 heteroatoms. The lowest BCUT2D eigenvalue weighted by Gasteiger charge is -2.34. The standard InChI is InChI=1S/C15H18N2O5S/c1-7-11(8(2)22-17-7)12-10(4-3-5-16-12)21-15-14(20)13(19)9(18)6-23-15/h3-5,9,13-15,18-20H,6H2,1-2H3/t9-,13+,14-,15+/m1/s1. The fourth-order valence-electron chi connectivity index (χ4n) is 2.50. The van der Waals surface area contributed by atoms with Gasteiger partial charge in [-0.15, -0.1) is 11.8 Å². The van der Waals surface area contributed by atoms with E-state index in [2.05, 4.69) is 10.1 Å². The van der Waals surface area contributed by atoms with Gasteiger partial charge in [-0.05, 0) is 26.0 Å². The minimum Gasteiger partial charge on any atom is -0.475 e. The molecule has 7 nitrogen and oxygen atoms in total. The van der Waals surface area contributed by atoms with Crippen LogP contribution in [0.15, 0.2) is 22.9 Å². The first-order chi connectivity index (χ1) is 11.0. The van der Waals surface area contributed by atoms with Gasteiger partial charge in [-0.1, -0.05) is 5.16 Å².